The van der Waals surface area contributed by atoms with E-state index in [1.54, 1.807) is 18.5 Å². The van der Waals surface area contributed by atoms with Gasteiger partial charge in [-0.05, 0) is 24.3 Å². The molecule has 3 rings (SSSR count). The molecule has 1 amide bonds. The number of nitrogens with zero attached hydrogens (tertiary/aromatic N) is 3. The molecule has 3 aromatic rings. The van der Waals surface area contributed by atoms with Crippen LogP contribution in [0.1, 0.15) is 12.3 Å². The van der Waals surface area contributed by atoms with Crippen molar-refractivity contribution in [3.05, 3.63) is 60.7 Å². The molecule has 2 aromatic heterocycles. The van der Waals surface area contributed by atoms with Crippen molar-refractivity contribution in [2.24, 2.45) is 0 Å². The van der Waals surface area contributed by atoms with E-state index in [0.717, 1.165) is 11.3 Å². The summed E-state index contributed by atoms with van der Waals surface area (Å²) in [5.74, 6) is 0.820. The maximum absolute atomic E-state index is 11.9. The number of amides is 1. The lowest BCUT2D eigenvalue weighted by molar-refractivity contribution is -0.116. The molecule has 0 atom stereocenters. The van der Waals surface area contributed by atoms with Crippen LogP contribution in [0.5, 0.6) is 0 Å². The van der Waals surface area contributed by atoms with Crippen LogP contribution in [-0.4, -0.2) is 21.0 Å². The molecule has 22 heavy (non-hydrogen) atoms. The lowest BCUT2D eigenvalue weighted by Gasteiger charge is -2.02. The highest BCUT2D eigenvalue weighted by atomic mass is 16.5. The molecule has 0 aliphatic rings. The third-order valence-corrected chi connectivity index (χ3v) is 3.01. The molecule has 0 aliphatic heterocycles. The SMILES string of the molecule is O=C(CCc1nc(-c2cccnc2)no1)Nc1ccccc1. The van der Waals surface area contributed by atoms with Crippen LogP contribution in [0.2, 0.25) is 0 Å². The van der Waals surface area contributed by atoms with Gasteiger partial charge in [0.05, 0.1) is 0 Å². The Hall–Kier alpha value is -3.02. The molecule has 110 valence electrons. The minimum absolute atomic E-state index is 0.0904. The van der Waals surface area contributed by atoms with Crippen LogP contribution in [-0.2, 0) is 11.2 Å². The van der Waals surface area contributed by atoms with E-state index in [2.05, 4.69) is 20.4 Å². The summed E-state index contributed by atoms with van der Waals surface area (Å²) >= 11 is 0. The van der Waals surface area contributed by atoms with Gasteiger partial charge >= 0.3 is 0 Å². The van der Waals surface area contributed by atoms with Crippen LogP contribution in [0, 0.1) is 0 Å². The first-order valence-corrected chi connectivity index (χ1v) is 6.89. The van der Waals surface area contributed by atoms with Gasteiger partial charge in [0.2, 0.25) is 17.6 Å². The van der Waals surface area contributed by atoms with Crippen molar-refractivity contribution >= 4 is 11.6 Å². The van der Waals surface area contributed by atoms with Gasteiger partial charge in [-0.2, -0.15) is 4.98 Å². The Morgan fingerprint density at radius 2 is 2.00 bits per heavy atom. The number of hydrogen-bond acceptors (Lipinski definition) is 5. The lowest BCUT2D eigenvalue weighted by Crippen LogP contribution is -2.12. The van der Waals surface area contributed by atoms with Gasteiger partial charge < -0.3 is 9.84 Å². The zero-order valence-corrected chi connectivity index (χ0v) is 11.8. The Balaban J connectivity index is 1.56. The van der Waals surface area contributed by atoms with Gasteiger partial charge in [0.15, 0.2) is 0 Å². The van der Waals surface area contributed by atoms with Gasteiger partial charge in [0.1, 0.15) is 0 Å². The third kappa shape index (κ3) is 3.54. The van der Waals surface area contributed by atoms with Crippen molar-refractivity contribution in [1.82, 2.24) is 15.1 Å². The summed E-state index contributed by atoms with van der Waals surface area (Å²) < 4.78 is 5.15. The van der Waals surface area contributed by atoms with Gasteiger partial charge in [-0.1, -0.05) is 23.4 Å². The maximum atomic E-state index is 11.9. The van der Waals surface area contributed by atoms with Crippen molar-refractivity contribution in [3.8, 4) is 11.4 Å². The Labute approximate surface area is 127 Å². The molecule has 0 saturated carbocycles. The molecule has 1 aromatic carbocycles. The van der Waals surface area contributed by atoms with Gasteiger partial charge in [0, 0.05) is 36.5 Å². The number of anilines is 1. The van der Waals surface area contributed by atoms with Crippen LogP contribution in [0.25, 0.3) is 11.4 Å². The van der Waals surface area contributed by atoms with Gasteiger partial charge in [-0.25, -0.2) is 0 Å². The average molecular weight is 294 g/mol. The van der Waals surface area contributed by atoms with E-state index in [1.807, 2.05) is 36.4 Å². The molecule has 0 bridgehead atoms. The first kappa shape index (κ1) is 13.9. The van der Waals surface area contributed by atoms with Crippen molar-refractivity contribution in [2.75, 3.05) is 5.32 Å². The fourth-order valence-corrected chi connectivity index (χ4v) is 1.93. The minimum atomic E-state index is -0.0904. The monoisotopic (exact) mass is 294 g/mol. The predicted octanol–water partition coefficient (Wildman–Crippen LogP) is 2.70. The quantitative estimate of drug-likeness (QED) is 0.782. The van der Waals surface area contributed by atoms with Gasteiger partial charge in [-0.3, -0.25) is 9.78 Å². The number of para-hydroxylation sites is 1. The number of aryl methyl sites for hydroxylation is 1. The van der Waals surface area contributed by atoms with Crippen molar-refractivity contribution in [2.45, 2.75) is 12.8 Å². The van der Waals surface area contributed by atoms with E-state index in [4.69, 9.17) is 4.52 Å². The number of carbonyl (C=O) groups is 1. The van der Waals surface area contributed by atoms with Crippen LogP contribution in [0.4, 0.5) is 5.69 Å². The maximum Gasteiger partial charge on any atom is 0.227 e. The van der Waals surface area contributed by atoms with E-state index in [9.17, 15) is 4.79 Å². The smallest absolute Gasteiger partial charge is 0.227 e. The molecule has 0 aliphatic carbocycles. The van der Waals surface area contributed by atoms with Crippen molar-refractivity contribution in [1.29, 1.82) is 0 Å². The Morgan fingerprint density at radius 3 is 2.77 bits per heavy atom. The third-order valence-electron chi connectivity index (χ3n) is 3.01. The molecular formula is C16H14N4O2. The van der Waals surface area contributed by atoms with Crippen LogP contribution in [0.3, 0.4) is 0 Å². The van der Waals surface area contributed by atoms with Crippen LogP contribution >= 0.6 is 0 Å². The highest BCUT2D eigenvalue weighted by Gasteiger charge is 2.10. The average Bonchev–Trinajstić information content (AvgIpc) is 3.04. The normalized spacial score (nSPS) is 10.4. The Bertz CT molecular complexity index is 741. The van der Waals surface area contributed by atoms with E-state index in [0.29, 0.717) is 18.1 Å². The molecular weight excluding hydrogens is 280 g/mol. The largest absolute Gasteiger partial charge is 0.339 e. The molecule has 0 saturated heterocycles. The molecule has 0 fully saturated rings. The summed E-state index contributed by atoms with van der Waals surface area (Å²) in [5.41, 5.74) is 1.56. The number of aromatic nitrogens is 3. The number of hydrogen-bond donors (Lipinski definition) is 1. The zero-order chi connectivity index (χ0) is 15.2. The second-order valence-electron chi connectivity index (χ2n) is 4.67. The lowest BCUT2D eigenvalue weighted by atomic mass is 10.2. The summed E-state index contributed by atoms with van der Waals surface area (Å²) in [5, 5.41) is 6.70. The molecule has 0 radical (unpaired) electrons. The van der Waals surface area contributed by atoms with Gasteiger partial charge in [0.25, 0.3) is 0 Å². The van der Waals surface area contributed by atoms with Crippen molar-refractivity contribution < 1.29 is 9.32 Å². The van der Waals surface area contributed by atoms with E-state index in [-0.39, 0.29) is 12.3 Å². The molecule has 6 nitrogen and oxygen atoms in total. The summed E-state index contributed by atoms with van der Waals surface area (Å²) in [4.78, 5) is 20.1. The summed E-state index contributed by atoms with van der Waals surface area (Å²) in [6.45, 7) is 0. The minimum Gasteiger partial charge on any atom is -0.339 e. The fraction of sp³-hybridized carbons (Fsp3) is 0.125. The van der Waals surface area contributed by atoms with Crippen LogP contribution in [0.15, 0.2) is 59.4 Å². The highest BCUT2D eigenvalue weighted by molar-refractivity contribution is 5.90. The van der Waals surface area contributed by atoms with E-state index in [1.165, 1.54) is 0 Å². The van der Waals surface area contributed by atoms with E-state index < -0.39 is 0 Å². The molecule has 2 heterocycles. The first-order valence-electron chi connectivity index (χ1n) is 6.89. The topological polar surface area (TPSA) is 80.9 Å². The van der Waals surface area contributed by atoms with E-state index >= 15 is 0 Å². The van der Waals surface area contributed by atoms with Gasteiger partial charge in [-0.15, -0.1) is 0 Å². The highest BCUT2D eigenvalue weighted by Crippen LogP contribution is 2.14. The first-order chi connectivity index (χ1) is 10.8. The molecule has 0 spiro atoms. The number of rotatable bonds is 5. The number of nitrogens with one attached hydrogen (secondary N) is 1. The Morgan fingerprint density at radius 1 is 1.14 bits per heavy atom. The summed E-state index contributed by atoms with van der Waals surface area (Å²) in [6.07, 6.45) is 4.02. The number of benzene rings is 1. The molecule has 6 heteroatoms. The second-order valence-corrected chi connectivity index (χ2v) is 4.67. The summed E-state index contributed by atoms with van der Waals surface area (Å²) in [6, 6.07) is 13.0. The predicted molar refractivity (Wildman–Crippen MR) is 80.9 cm³/mol. The Kier molecular flexibility index (Phi) is 4.20. The van der Waals surface area contributed by atoms with Crippen molar-refractivity contribution in [3.63, 3.8) is 0 Å². The molecule has 1 N–H and O–H groups in total. The molecule has 0 unspecified atom stereocenters. The number of pyridine rings is 1. The fourth-order valence-electron chi connectivity index (χ4n) is 1.93. The second kappa shape index (κ2) is 6.62. The van der Waals surface area contributed by atoms with Crippen LogP contribution < -0.4 is 5.32 Å². The zero-order valence-electron chi connectivity index (χ0n) is 11.8. The number of carbonyl (C=O) groups excluding carboxylic acids is 1. The summed E-state index contributed by atoms with van der Waals surface area (Å²) in [7, 11) is 0. The standard InChI is InChI=1S/C16H14N4O2/c21-14(18-13-6-2-1-3-7-13)8-9-15-19-16(20-22-15)12-5-4-10-17-11-12/h1-7,10-11H,8-9H2,(H,18,21).